The van der Waals surface area contributed by atoms with E-state index in [9.17, 15) is 4.79 Å². The van der Waals surface area contributed by atoms with E-state index < -0.39 is 5.91 Å². The van der Waals surface area contributed by atoms with Crippen molar-refractivity contribution >= 4 is 17.2 Å². The lowest BCUT2D eigenvalue weighted by Gasteiger charge is -1.98. The number of aryl methyl sites for hydroxylation is 1. The maximum atomic E-state index is 11.1. The van der Waals surface area contributed by atoms with Gasteiger partial charge in [0.15, 0.2) is 0 Å². The van der Waals surface area contributed by atoms with E-state index in [0.717, 1.165) is 21.8 Å². The number of carbonyl (C=O) groups excluding carboxylic acids is 1. The molecule has 0 saturated carbocycles. The first-order chi connectivity index (χ1) is 13.1. The van der Waals surface area contributed by atoms with E-state index in [1.165, 1.54) is 10.4 Å². The third-order valence-corrected chi connectivity index (χ3v) is 4.97. The first-order valence-electron chi connectivity index (χ1n) is 8.28. The van der Waals surface area contributed by atoms with Crippen molar-refractivity contribution in [1.29, 1.82) is 0 Å². The molecule has 0 aliphatic carbocycles. The van der Waals surface area contributed by atoms with Crippen molar-refractivity contribution in [3.8, 4) is 22.0 Å². The van der Waals surface area contributed by atoms with Gasteiger partial charge in [-0.25, -0.2) is 4.98 Å². The van der Waals surface area contributed by atoms with Gasteiger partial charge in [-0.3, -0.25) is 4.79 Å². The Balaban J connectivity index is 1.49. The number of nitrogens with zero attached hydrogens (tertiary/aromatic N) is 5. The lowest BCUT2D eigenvalue weighted by atomic mass is 10.1. The number of carbonyl (C=O) groups is 1. The van der Waals surface area contributed by atoms with Gasteiger partial charge in [0, 0.05) is 22.1 Å². The van der Waals surface area contributed by atoms with Crippen LogP contribution < -0.4 is 5.73 Å². The Labute approximate surface area is 159 Å². The summed E-state index contributed by atoms with van der Waals surface area (Å²) >= 11 is 1.59. The van der Waals surface area contributed by atoms with Gasteiger partial charge < -0.3 is 5.73 Å². The molecule has 0 bridgehead atoms. The Morgan fingerprint density at radius 2 is 1.78 bits per heavy atom. The fourth-order valence-electron chi connectivity index (χ4n) is 2.56. The summed E-state index contributed by atoms with van der Waals surface area (Å²) in [5, 5.41) is 15.5. The molecule has 0 unspecified atom stereocenters. The molecule has 2 heterocycles. The van der Waals surface area contributed by atoms with Crippen molar-refractivity contribution < 1.29 is 4.79 Å². The summed E-state index contributed by atoms with van der Waals surface area (Å²) in [5.74, 6) is 0.0195. The number of benzene rings is 2. The van der Waals surface area contributed by atoms with Gasteiger partial charge in [-0.05, 0) is 24.3 Å². The summed E-state index contributed by atoms with van der Waals surface area (Å²) in [6.07, 6.45) is 0. The molecule has 4 rings (SSSR count). The predicted molar refractivity (Wildman–Crippen MR) is 103 cm³/mol. The van der Waals surface area contributed by atoms with Crippen molar-refractivity contribution in [3.63, 3.8) is 0 Å². The number of primary amides is 1. The molecule has 0 radical (unpaired) electrons. The molecule has 1 amide bonds. The minimum atomic E-state index is -0.467. The van der Waals surface area contributed by atoms with Crippen LogP contribution in [0, 0.1) is 6.92 Å². The normalized spacial score (nSPS) is 10.9. The van der Waals surface area contributed by atoms with Crippen molar-refractivity contribution in [2.24, 2.45) is 5.73 Å². The second-order valence-electron chi connectivity index (χ2n) is 6.10. The van der Waals surface area contributed by atoms with Gasteiger partial charge >= 0.3 is 0 Å². The molecule has 0 spiro atoms. The Hall–Kier alpha value is -3.39. The summed E-state index contributed by atoms with van der Waals surface area (Å²) in [5.41, 5.74) is 9.66. The quantitative estimate of drug-likeness (QED) is 0.577. The molecular weight excluding hydrogens is 360 g/mol. The number of aromatic nitrogens is 5. The minimum Gasteiger partial charge on any atom is -0.366 e. The van der Waals surface area contributed by atoms with Crippen LogP contribution in [0.5, 0.6) is 0 Å². The highest BCUT2D eigenvalue weighted by Crippen LogP contribution is 2.24. The van der Waals surface area contributed by atoms with E-state index in [0.29, 0.717) is 17.9 Å². The maximum Gasteiger partial charge on any atom is 0.248 e. The fraction of sp³-hybridized carbons (Fsp3) is 0.105. The summed E-state index contributed by atoms with van der Waals surface area (Å²) in [7, 11) is 0. The standard InChI is InChI=1S/C19H16N6OS/c1-12-2-4-15(5-3-12)19-21-16(11-27-19)10-25-23-18(22-24-25)14-8-6-13(7-9-14)17(20)26/h2-9,11H,10H2,1H3,(H2,20,26). The lowest BCUT2D eigenvalue weighted by molar-refractivity contribution is 0.100. The maximum absolute atomic E-state index is 11.1. The van der Waals surface area contributed by atoms with Crippen LogP contribution in [-0.4, -0.2) is 31.1 Å². The van der Waals surface area contributed by atoms with Gasteiger partial charge in [0.05, 0.1) is 5.69 Å². The van der Waals surface area contributed by atoms with Gasteiger partial charge in [-0.15, -0.1) is 21.5 Å². The Bertz CT molecular complexity index is 1080. The molecule has 0 atom stereocenters. The molecule has 0 fully saturated rings. The molecule has 2 N–H and O–H groups in total. The summed E-state index contributed by atoms with van der Waals surface area (Å²) in [6, 6.07) is 15.1. The molecule has 27 heavy (non-hydrogen) atoms. The number of nitrogens with two attached hydrogens (primary N) is 1. The molecule has 7 nitrogen and oxygen atoms in total. The van der Waals surface area contributed by atoms with E-state index in [-0.39, 0.29) is 0 Å². The van der Waals surface area contributed by atoms with Crippen molar-refractivity contribution in [1.82, 2.24) is 25.2 Å². The van der Waals surface area contributed by atoms with Gasteiger partial charge in [0.25, 0.3) is 0 Å². The molecule has 0 aliphatic rings. The van der Waals surface area contributed by atoms with Crippen LogP contribution in [0.4, 0.5) is 0 Å². The van der Waals surface area contributed by atoms with Crippen molar-refractivity contribution in [2.45, 2.75) is 13.5 Å². The minimum absolute atomic E-state index is 0.439. The molecule has 0 aliphatic heterocycles. The zero-order valence-corrected chi connectivity index (χ0v) is 15.3. The van der Waals surface area contributed by atoms with Crippen LogP contribution >= 0.6 is 11.3 Å². The number of hydrogen-bond acceptors (Lipinski definition) is 6. The van der Waals surface area contributed by atoms with Gasteiger partial charge in [0.2, 0.25) is 11.7 Å². The monoisotopic (exact) mass is 376 g/mol. The number of amides is 1. The predicted octanol–water partition coefficient (Wildman–Crippen LogP) is 2.92. The molecule has 8 heteroatoms. The molecule has 0 saturated heterocycles. The molecule has 2 aromatic heterocycles. The summed E-state index contributed by atoms with van der Waals surface area (Å²) in [6.45, 7) is 2.50. The Morgan fingerprint density at radius 1 is 1.07 bits per heavy atom. The van der Waals surface area contributed by atoms with Gasteiger partial charge in [0.1, 0.15) is 11.6 Å². The SMILES string of the molecule is Cc1ccc(-c2nc(Cn3nnc(-c4ccc(C(N)=O)cc4)n3)cs2)cc1. The van der Waals surface area contributed by atoms with Crippen LogP contribution in [0.2, 0.25) is 0 Å². The summed E-state index contributed by atoms with van der Waals surface area (Å²) in [4.78, 5) is 17.3. The smallest absolute Gasteiger partial charge is 0.248 e. The van der Waals surface area contributed by atoms with Crippen LogP contribution in [-0.2, 0) is 6.54 Å². The van der Waals surface area contributed by atoms with Gasteiger partial charge in [-0.1, -0.05) is 42.0 Å². The zero-order chi connectivity index (χ0) is 18.8. The second kappa shape index (κ2) is 7.08. The van der Waals surface area contributed by atoms with Crippen LogP contribution in [0.25, 0.3) is 22.0 Å². The van der Waals surface area contributed by atoms with Gasteiger partial charge in [-0.2, -0.15) is 4.80 Å². The molecular formula is C19H16N6OS. The Morgan fingerprint density at radius 3 is 2.48 bits per heavy atom. The largest absolute Gasteiger partial charge is 0.366 e. The molecule has 2 aromatic carbocycles. The highest BCUT2D eigenvalue weighted by molar-refractivity contribution is 7.13. The van der Waals surface area contributed by atoms with Crippen molar-refractivity contribution in [3.05, 3.63) is 70.7 Å². The zero-order valence-electron chi connectivity index (χ0n) is 14.5. The molecule has 4 aromatic rings. The first-order valence-corrected chi connectivity index (χ1v) is 9.16. The Kier molecular flexibility index (Phi) is 4.47. The third kappa shape index (κ3) is 3.75. The third-order valence-electron chi connectivity index (χ3n) is 4.03. The highest BCUT2D eigenvalue weighted by atomic mass is 32.1. The van der Waals surface area contributed by atoms with E-state index >= 15 is 0 Å². The fourth-order valence-corrected chi connectivity index (χ4v) is 3.38. The van der Waals surface area contributed by atoms with E-state index in [2.05, 4.69) is 51.6 Å². The second-order valence-corrected chi connectivity index (χ2v) is 6.95. The average Bonchev–Trinajstić information content (AvgIpc) is 3.33. The lowest BCUT2D eigenvalue weighted by Crippen LogP contribution is -2.10. The topological polar surface area (TPSA) is 99.6 Å². The van der Waals surface area contributed by atoms with Crippen LogP contribution in [0.3, 0.4) is 0 Å². The van der Waals surface area contributed by atoms with E-state index in [1.807, 2.05) is 5.38 Å². The van der Waals surface area contributed by atoms with Crippen molar-refractivity contribution in [2.75, 3.05) is 0 Å². The van der Waals surface area contributed by atoms with E-state index in [4.69, 9.17) is 5.73 Å². The molecule has 134 valence electrons. The van der Waals surface area contributed by atoms with E-state index in [1.54, 1.807) is 35.6 Å². The number of hydrogen-bond donors (Lipinski definition) is 1. The number of rotatable bonds is 5. The van der Waals surface area contributed by atoms with Crippen LogP contribution in [0.15, 0.2) is 53.9 Å². The number of thiazole rings is 1. The summed E-state index contributed by atoms with van der Waals surface area (Å²) < 4.78 is 0. The average molecular weight is 376 g/mol. The highest BCUT2D eigenvalue weighted by Gasteiger charge is 2.10. The number of tetrazole rings is 1. The first kappa shape index (κ1) is 17.0. The van der Waals surface area contributed by atoms with Crippen LogP contribution in [0.1, 0.15) is 21.6 Å².